The van der Waals surface area contributed by atoms with E-state index >= 15 is 0 Å². The topological polar surface area (TPSA) is 57.7 Å². The van der Waals surface area contributed by atoms with Crippen molar-refractivity contribution in [3.8, 4) is 0 Å². The van der Waals surface area contributed by atoms with Crippen LogP contribution in [-0.2, 0) is 4.74 Å². The maximum Gasteiger partial charge on any atom is 0.254 e. The lowest BCUT2D eigenvalue weighted by Gasteiger charge is -2.36. The van der Waals surface area contributed by atoms with Gasteiger partial charge in [-0.2, -0.15) is 0 Å². The monoisotopic (exact) mass is 388 g/mol. The number of halogens is 1. The molecule has 0 bridgehead atoms. The molecule has 3 rings (SSSR count). The molecule has 0 spiro atoms. The number of carbonyl (C=O) groups excluding carboxylic acids is 1. The van der Waals surface area contributed by atoms with Crippen LogP contribution in [0.1, 0.15) is 16.8 Å². The normalized spacial score (nSPS) is 14.3. The molecule has 1 aromatic carbocycles. The van der Waals surface area contributed by atoms with Crippen LogP contribution in [0.25, 0.3) is 0 Å². The lowest BCUT2D eigenvalue weighted by atomic mass is 10.2. The maximum atomic E-state index is 12.8. The molecule has 0 radical (unpaired) electrons. The second-order valence-electron chi connectivity index (χ2n) is 6.46. The van der Waals surface area contributed by atoms with Crippen LogP contribution in [0.4, 0.5) is 11.5 Å². The van der Waals surface area contributed by atoms with E-state index in [0.29, 0.717) is 25.3 Å². The molecule has 2 heterocycles. The molecule has 27 heavy (non-hydrogen) atoms. The summed E-state index contributed by atoms with van der Waals surface area (Å²) in [6, 6.07) is 11.4. The van der Waals surface area contributed by atoms with E-state index in [-0.39, 0.29) is 5.91 Å². The van der Waals surface area contributed by atoms with Gasteiger partial charge in [-0.25, -0.2) is 4.98 Å². The van der Waals surface area contributed by atoms with Gasteiger partial charge < -0.3 is 19.9 Å². The average molecular weight is 389 g/mol. The number of nitrogens with one attached hydrogen (secondary N) is 1. The first-order chi connectivity index (χ1) is 13.2. The van der Waals surface area contributed by atoms with Crippen LogP contribution >= 0.6 is 11.6 Å². The van der Waals surface area contributed by atoms with Crippen LogP contribution in [0.5, 0.6) is 0 Å². The third-order valence-electron chi connectivity index (χ3n) is 4.58. The Morgan fingerprint density at radius 1 is 1.22 bits per heavy atom. The fraction of sp³-hybridized carbons (Fsp3) is 0.400. The summed E-state index contributed by atoms with van der Waals surface area (Å²) in [6.07, 6.45) is 2.57. The lowest BCUT2D eigenvalue weighted by molar-refractivity contribution is 0.0746. The summed E-state index contributed by atoms with van der Waals surface area (Å²) in [7, 11) is 1.68. The molecule has 7 heteroatoms. The van der Waals surface area contributed by atoms with Crippen LogP contribution in [0.15, 0.2) is 42.6 Å². The maximum absolute atomic E-state index is 12.8. The first kappa shape index (κ1) is 19.5. The zero-order valence-corrected chi connectivity index (χ0v) is 16.3. The minimum absolute atomic E-state index is 0.0445. The number of piperazine rings is 1. The highest BCUT2D eigenvalue weighted by atomic mass is 35.5. The molecule has 0 aliphatic carbocycles. The Labute approximate surface area is 165 Å². The zero-order chi connectivity index (χ0) is 19.1. The van der Waals surface area contributed by atoms with Crippen molar-refractivity contribution < 1.29 is 9.53 Å². The second kappa shape index (κ2) is 9.58. The molecule has 1 aliphatic heterocycles. The van der Waals surface area contributed by atoms with Gasteiger partial charge in [0, 0.05) is 68.9 Å². The smallest absolute Gasteiger partial charge is 0.254 e. The summed E-state index contributed by atoms with van der Waals surface area (Å²) in [5, 5.41) is 3.96. The number of anilines is 2. The lowest BCUT2D eigenvalue weighted by Crippen LogP contribution is -2.48. The molecule has 0 saturated carbocycles. The molecular formula is C20H25ClN4O2. The van der Waals surface area contributed by atoms with Crippen LogP contribution in [0.2, 0.25) is 5.02 Å². The van der Waals surface area contributed by atoms with Gasteiger partial charge in [-0.1, -0.05) is 17.7 Å². The third kappa shape index (κ3) is 5.34. The SMILES string of the molecule is COCCCNc1cc(C(=O)N2CCN(c3cccc(Cl)c3)CC2)ccn1. The van der Waals surface area contributed by atoms with Crippen molar-refractivity contribution in [1.29, 1.82) is 0 Å². The molecular weight excluding hydrogens is 364 g/mol. The Balaban J connectivity index is 1.56. The van der Waals surface area contributed by atoms with Crippen LogP contribution in [-0.4, -0.2) is 62.2 Å². The van der Waals surface area contributed by atoms with E-state index in [2.05, 4.69) is 15.2 Å². The van der Waals surface area contributed by atoms with Gasteiger partial charge in [-0.15, -0.1) is 0 Å². The molecule has 1 fully saturated rings. The summed E-state index contributed by atoms with van der Waals surface area (Å²) >= 11 is 6.08. The first-order valence-corrected chi connectivity index (χ1v) is 9.54. The number of pyridine rings is 1. The number of aromatic nitrogens is 1. The van der Waals surface area contributed by atoms with Crippen molar-refractivity contribution in [2.24, 2.45) is 0 Å². The Morgan fingerprint density at radius 2 is 2.04 bits per heavy atom. The van der Waals surface area contributed by atoms with Crippen molar-refractivity contribution in [3.05, 3.63) is 53.2 Å². The standard InChI is InChI=1S/C20H25ClN4O2/c1-27-13-3-7-22-19-14-16(6-8-23-19)20(26)25-11-9-24(10-12-25)18-5-2-4-17(21)15-18/h2,4-6,8,14-15H,3,7,9-13H2,1H3,(H,22,23). The largest absolute Gasteiger partial charge is 0.385 e. The van der Waals surface area contributed by atoms with Gasteiger partial charge in [0.25, 0.3) is 5.91 Å². The molecule has 1 saturated heterocycles. The molecule has 144 valence electrons. The second-order valence-corrected chi connectivity index (χ2v) is 6.90. The predicted octanol–water partition coefficient (Wildman–Crippen LogP) is 3.15. The third-order valence-corrected chi connectivity index (χ3v) is 4.81. The Kier molecular flexibility index (Phi) is 6.90. The Hall–Kier alpha value is -2.31. The van der Waals surface area contributed by atoms with Crippen molar-refractivity contribution in [2.75, 3.05) is 56.7 Å². The average Bonchev–Trinajstić information content (AvgIpc) is 2.71. The quantitative estimate of drug-likeness (QED) is 0.738. The molecule has 0 atom stereocenters. The van der Waals surface area contributed by atoms with Gasteiger partial charge in [-0.3, -0.25) is 4.79 Å². The van der Waals surface area contributed by atoms with Crippen molar-refractivity contribution >= 4 is 29.0 Å². The highest BCUT2D eigenvalue weighted by Crippen LogP contribution is 2.21. The summed E-state index contributed by atoms with van der Waals surface area (Å²) in [6.45, 7) is 4.41. The number of hydrogen-bond acceptors (Lipinski definition) is 5. The van der Waals surface area contributed by atoms with Gasteiger partial charge in [0.1, 0.15) is 5.82 Å². The fourth-order valence-corrected chi connectivity index (χ4v) is 3.30. The fourth-order valence-electron chi connectivity index (χ4n) is 3.12. The highest BCUT2D eigenvalue weighted by molar-refractivity contribution is 6.30. The van der Waals surface area contributed by atoms with Gasteiger partial charge in [0.05, 0.1) is 0 Å². The Morgan fingerprint density at radius 3 is 2.78 bits per heavy atom. The van der Waals surface area contributed by atoms with Crippen molar-refractivity contribution in [2.45, 2.75) is 6.42 Å². The first-order valence-electron chi connectivity index (χ1n) is 9.16. The van der Waals surface area contributed by atoms with Crippen LogP contribution in [0.3, 0.4) is 0 Å². The molecule has 1 amide bonds. The molecule has 2 aromatic rings. The van der Waals surface area contributed by atoms with Gasteiger partial charge in [-0.05, 0) is 36.8 Å². The molecule has 6 nitrogen and oxygen atoms in total. The predicted molar refractivity (Wildman–Crippen MR) is 109 cm³/mol. The number of rotatable bonds is 7. The van der Waals surface area contributed by atoms with Crippen LogP contribution in [0, 0.1) is 0 Å². The Bertz CT molecular complexity index is 763. The van der Waals surface area contributed by atoms with E-state index in [1.165, 1.54) is 0 Å². The van der Waals surface area contributed by atoms with E-state index < -0.39 is 0 Å². The number of carbonyl (C=O) groups is 1. The van der Waals surface area contributed by atoms with Crippen molar-refractivity contribution in [3.63, 3.8) is 0 Å². The van der Waals surface area contributed by atoms with Gasteiger partial charge in [0.15, 0.2) is 0 Å². The summed E-state index contributed by atoms with van der Waals surface area (Å²) in [5.74, 6) is 0.762. The molecule has 1 aromatic heterocycles. The highest BCUT2D eigenvalue weighted by Gasteiger charge is 2.22. The molecule has 1 aliphatic rings. The van der Waals surface area contributed by atoms with E-state index in [1.54, 1.807) is 19.4 Å². The van der Waals surface area contributed by atoms with Crippen molar-refractivity contribution in [1.82, 2.24) is 9.88 Å². The summed E-state index contributed by atoms with van der Waals surface area (Å²) in [4.78, 5) is 21.3. The minimum Gasteiger partial charge on any atom is -0.385 e. The van der Waals surface area contributed by atoms with Gasteiger partial charge in [0.2, 0.25) is 0 Å². The number of nitrogens with zero attached hydrogens (tertiary/aromatic N) is 3. The number of hydrogen-bond donors (Lipinski definition) is 1. The summed E-state index contributed by atoms with van der Waals surface area (Å²) in [5.41, 5.74) is 1.76. The number of benzene rings is 1. The van der Waals surface area contributed by atoms with E-state index in [0.717, 1.165) is 42.6 Å². The van der Waals surface area contributed by atoms with E-state index in [9.17, 15) is 4.79 Å². The molecule has 0 unspecified atom stereocenters. The number of methoxy groups -OCH3 is 1. The minimum atomic E-state index is 0.0445. The van der Waals surface area contributed by atoms with Crippen LogP contribution < -0.4 is 10.2 Å². The van der Waals surface area contributed by atoms with Gasteiger partial charge >= 0.3 is 0 Å². The number of amides is 1. The molecule has 1 N–H and O–H groups in total. The number of ether oxygens (including phenoxy) is 1. The summed E-state index contributed by atoms with van der Waals surface area (Å²) < 4.78 is 5.04. The zero-order valence-electron chi connectivity index (χ0n) is 15.5. The van der Waals surface area contributed by atoms with E-state index in [4.69, 9.17) is 16.3 Å². The van der Waals surface area contributed by atoms with E-state index in [1.807, 2.05) is 35.2 Å².